The fourth-order valence-electron chi connectivity index (χ4n) is 3.95. The number of alkyl halides is 3. The maximum Gasteiger partial charge on any atom is 0.490 e. The van der Waals surface area contributed by atoms with Crippen molar-refractivity contribution >= 4 is 27.0 Å². The second-order valence-corrected chi connectivity index (χ2v) is 10.6. The zero-order chi connectivity index (χ0) is 26.0. The van der Waals surface area contributed by atoms with Gasteiger partial charge in [-0.3, -0.25) is 4.98 Å². The lowest BCUT2D eigenvalue weighted by Crippen LogP contribution is -2.37. The number of benzene rings is 1. The van der Waals surface area contributed by atoms with Crippen LogP contribution in [0.4, 0.5) is 13.2 Å². The monoisotopic (exact) mass is 512 g/mol. The van der Waals surface area contributed by atoms with Crippen molar-refractivity contribution in [3.63, 3.8) is 0 Å². The van der Waals surface area contributed by atoms with Gasteiger partial charge < -0.3 is 9.67 Å². The molecule has 0 bridgehead atoms. The van der Waals surface area contributed by atoms with Crippen molar-refractivity contribution in [3.05, 3.63) is 48.4 Å². The average Bonchev–Trinajstić information content (AvgIpc) is 3.23. The van der Waals surface area contributed by atoms with Gasteiger partial charge >= 0.3 is 12.1 Å². The number of aliphatic carboxylic acids is 1. The number of carboxylic acid groups (broad SMARTS) is 1. The number of sulfonamides is 1. The van der Waals surface area contributed by atoms with Crippen molar-refractivity contribution in [3.8, 4) is 11.3 Å². The van der Waals surface area contributed by atoms with Crippen molar-refractivity contribution < 1.29 is 31.5 Å². The van der Waals surface area contributed by atoms with Gasteiger partial charge in [-0.05, 0) is 32.8 Å². The Labute approximate surface area is 201 Å². The zero-order valence-corrected chi connectivity index (χ0v) is 20.3. The van der Waals surface area contributed by atoms with E-state index in [1.54, 1.807) is 4.31 Å². The summed E-state index contributed by atoms with van der Waals surface area (Å²) < 4.78 is 59.1. The first-order valence-corrected chi connectivity index (χ1v) is 12.8. The number of imidazole rings is 1. The molecule has 0 unspecified atom stereocenters. The topological polar surface area (TPSA) is 105 Å². The molecule has 0 aliphatic carbocycles. The third kappa shape index (κ3) is 6.37. The first-order chi connectivity index (χ1) is 16.3. The summed E-state index contributed by atoms with van der Waals surface area (Å²) in [5.74, 6) is -2.51. The van der Waals surface area contributed by atoms with Crippen LogP contribution in [-0.2, 0) is 14.8 Å². The van der Waals surface area contributed by atoms with E-state index in [1.165, 1.54) is 6.26 Å². The Morgan fingerprint density at radius 2 is 1.71 bits per heavy atom. The summed E-state index contributed by atoms with van der Waals surface area (Å²) >= 11 is 0. The van der Waals surface area contributed by atoms with Crippen LogP contribution < -0.4 is 0 Å². The van der Waals surface area contributed by atoms with Gasteiger partial charge in [-0.1, -0.05) is 30.3 Å². The summed E-state index contributed by atoms with van der Waals surface area (Å²) in [6.45, 7) is 5.39. The lowest BCUT2D eigenvalue weighted by molar-refractivity contribution is -0.192. The van der Waals surface area contributed by atoms with Gasteiger partial charge in [0.1, 0.15) is 5.52 Å². The molecule has 0 spiro atoms. The summed E-state index contributed by atoms with van der Waals surface area (Å²) in [6, 6.07) is 12.6. The third-order valence-corrected chi connectivity index (χ3v) is 7.07. The Balaban J connectivity index is 0.000000429. The van der Waals surface area contributed by atoms with Crippen LogP contribution in [0.15, 0.2) is 42.7 Å². The van der Waals surface area contributed by atoms with E-state index in [0.29, 0.717) is 19.1 Å². The Hall–Kier alpha value is -2.99. The van der Waals surface area contributed by atoms with Crippen molar-refractivity contribution in [2.24, 2.45) is 0 Å². The highest BCUT2D eigenvalue weighted by molar-refractivity contribution is 7.88. The molecule has 1 saturated heterocycles. The summed E-state index contributed by atoms with van der Waals surface area (Å²) in [6.07, 6.45) is -0.336. The van der Waals surface area contributed by atoms with Crippen molar-refractivity contribution in [1.82, 2.24) is 18.8 Å². The van der Waals surface area contributed by atoms with Crippen LogP contribution in [0.1, 0.15) is 44.3 Å². The number of hydrogen-bond donors (Lipinski definition) is 1. The van der Waals surface area contributed by atoms with Crippen molar-refractivity contribution in [2.75, 3.05) is 19.3 Å². The maximum absolute atomic E-state index is 11.8. The fraction of sp³-hybridized carbons (Fsp3) is 0.435. The lowest BCUT2D eigenvalue weighted by Gasteiger charge is -2.30. The number of nitrogens with zero attached hydrogens (tertiary/aromatic N) is 4. The van der Waals surface area contributed by atoms with E-state index in [2.05, 4.69) is 41.6 Å². The minimum Gasteiger partial charge on any atom is -0.475 e. The first-order valence-electron chi connectivity index (χ1n) is 11.0. The molecule has 12 heteroatoms. The number of aromatic nitrogens is 3. The summed E-state index contributed by atoms with van der Waals surface area (Å²) in [7, 11) is -3.13. The van der Waals surface area contributed by atoms with Gasteiger partial charge in [0.15, 0.2) is 0 Å². The molecule has 0 radical (unpaired) electrons. The van der Waals surface area contributed by atoms with Crippen LogP contribution in [0.5, 0.6) is 0 Å². The zero-order valence-electron chi connectivity index (χ0n) is 19.5. The molecular formula is C23H27F3N4O4S. The predicted molar refractivity (Wildman–Crippen MR) is 125 cm³/mol. The third-order valence-electron chi connectivity index (χ3n) is 5.77. The highest BCUT2D eigenvalue weighted by atomic mass is 32.2. The Morgan fingerprint density at radius 3 is 2.20 bits per heavy atom. The Kier molecular flexibility index (Phi) is 7.85. The largest absolute Gasteiger partial charge is 0.490 e. The highest BCUT2D eigenvalue weighted by Crippen LogP contribution is 2.34. The molecule has 2 aromatic heterocycles. The normalized spacial score (nSPS) is 15.7. The minimum atomic E-state index is -5.08. The summed E-state index contributed by atoms with van der Waals surface area (Å²) in [5.41, 5.74) is 4.98. The molecule has 3 heterocycles. The highest BCUT2D eigenvalue weighted by Gasteiger charge is 2.38. The number of halogens is 3. The molecule has 1 aliphatic rings. The van der Waals surface area contributed by atoms with Crippen molar-refractivity contribution in [2.45, 2.75) is 44.8 Å². The number of rotatable bonds is 4. The van der Waals surface area contributed by atoms with Crippen LogP contribution in [0.2, 0.25) is 0 Å². The lowest BCUT2D eigenvalue weighted by atomic mass is 9.93. The SMILES string of the molecule is CC(C)n1cnc2c(-c3ccccc3)nc(C3CCN(S(C)(=O)=O)CC3)cc21.O=C(O)C(F)(F)F. The molecule has 3 aromatic rings. The summed E-state index contributed by atoms with van der Waals surface area (Å²) in [4.78, 5) is 18.6. The van der Waals surface area contributed by atoms with Gasteiger partial charge in [-0.25, -0.2) is 22.5 Å². The standard InChI is InChI=1S/C21H26N4O2S.C2HF3O2/c1-15(2)25-14-22-21-19(25)13-18(23-20(21)17-7-5-4-6-8-17)16-9-11-24(12-10-16)28(3,26)27;3-2(4,5)1(6)7/h4-8,13-16H,9-12H2,1-3H3;(H,6,7). The number of fused-ring (bicyclic) bond motifs is 1. The number of carboxylic acids is 1. The molecule has 1 N–H and O–H groups in total. The van der Waals surface area contributed by atoms with Gasteiger partial charge in [0.25, 0.3) is 0 Å². The Bertz CT molecular complexity index is 1280. The predicted octanol–water partition coefficient (Wildman–Crippen LogP) is 4.45. The van der Waals surface area contributed by atoms with Crippen LogP contribution in [0, 0.1) is 0 Å². The van der Waals surface area contributed by atoms with E-state index in [1.807, 2.05) is 24.5 Å². The summed E-state index contributed by atoms with van der Waals surface area (Å²) in [5, 5.41) is 7.12. The van der Waals surface area contributed by atoms with Gasteiger partial charge in [0.05, 0.1) is 23.8 Å². The van der Waals surface area contributed by atoms with Gasteiger partial charge in [-0.2, -0.15) is 13.2 Å². The smallest absolute Gasteiger partial charge is 0.475 e. The molecule has 0 atom stereocenters. The molecule has 1 aliphatic heterocycles. The van der Waals surface area contributed by atoms with Crippen LogP contribution in [-0.4, -0.2) is 63.9 Å². The van der Waals surface area contributed by atoms with E-state index in [0.717, 1.165) is 40.8 Å². The molecule has 190 valence electrons. The molecule has 4 rings (SSSR count). The van der Waals surface area contributed by atoms with E-state index in [4.69, 9.17) is 14.9 Å². The number of piperidine rings is 1. The molecular weight excluding hydrogens is 485 g/mol. The van der Waals surface area contributed by atoms with Crippen LogP contribution in [0.3, 0.4) is 0 Å². The molecule has 35 heavy (non-hydrogen) atoms. The van der Waals surface area contributed by atoms with E-state index in [9.17, 15) is 21.6 Å². The van der Waals surface area contributed by atoms with E-state index < -0.39 is 22.2 Å². The molecule has 1 aromatic carbocycles. The average molecular weight is 513 g/mol. The molecule has 8 nitrogen and oxygen atoms in total. The second-order valence-electron chi connectivity index (χ2n) is 8.61. The van der Waals surface area contributed by atoms with E-state index in [-0.39, 0.29) is 5.92 Å². The maximum atomic E-state index is 11.8. The quantitative estimate of drug-likeness (QED) is 0.554. The molecule has 0 amide bonds. The minimum absolute atomic E-state index is 0.250. The Morgan fingerprint density at radius 1 is 1.14 bits per heavy atom. The van der Waals surface area contributed by atoms with Crippen LogP contribution >= 0.6 is 0 Å². The van der Waals surface area contributed by atoms with Crippen LogP contribution in [0.25, 0.3) is 22.3 Å². The second kappa shape index (κ2) is 10.3. The number of hydrogen-bond acceptors (Lipinski definition) is 5. The van der Waals surface area contributed by atoms with Gasteiger partial charge in [0, 0.05) is 36.3 Å². The number of pyridine rings is 1. The van der Waals surface area contributed by atoms with Gasteiger partial charge in [-0.15, -0.1) is 0 Å². The first kappa shape index (κ1) is 26.6. The number of carbonyl (C=O) groups is 1. The van der Waals surface area contributed by atoms with E-state index >= 15 is 0 Å². The fourth-order valence-corrected chi connectivity index (χ4v) is 4.83. The van der Waals surface area contributed by atoms with Gasteiger partial charge in [0.2, 0.25) is 10.0 Å². The molecule has 0 saturated carbocycles. The van der Waals surface area contributed by atoms with Crippen molar-refractivity contribution in [1.29, 1.82) is 0 Å². The molecule has 1 fully saturated rings.